The number of piperidine rings is 2. The van der Waals surface area contributed by atoms with E-state index in [-0.39, 0.29) is 18.0 Å². The van der Waals surface area contributed by atoms with Crippen LogP contribution in [-0.4, -0.2) is 68.0 Å². The molecule has 2 aromatic carbocycles. The molecule has 2 unspecified atom stereocenters. The summed E-state index contributed by atoms with van der Waals surface area (Å²) >= 11 is 6.04. The van der Waals surface area contributed by atoms with Crippen molar-refractivity contribution < 1.29 is 18.3 Å². The van der Waals surface area contributed by atoms with Crippen LogP contribution >= 0.6 is 11.6 Å². The van der Waals surface area contributed by atoms with E-state index in [1.54, 1.807) is 18.7 Å². The van der Waals surface area contributed by atoms with E-state index in [2.05, 4.69) is 14.9 Å². The van der Waals surface area contributed by atoms with E-state index in [0.29, 0.717) is 43.9 Å². The lowest BCUT2D eigenvalue weighted by Gasteiger charge is -2.38. The normalized spacial score (nSPS) is 21.4. The Hall–Kier alpha value is -2.33. The van der Waals surface area contributed by atoms with Crippen molar-refractivity contribution in [3.05, 3.63) is 58.6 Å². The largest absolute Gasteiger partial charge is 0.392 e. The minimum Gasteiger partial charge on any atom is -0.392 e. The number of nitrogens with zero attached hydrogens (tertiary/aromatic N) is 2. The van der Waals surface area contributed by atoms with Crippen LogP contribution in [0.15, 0.2) is 42.5 Å². The lowest BCUT2D eigenvalue weighted by atomic mass is 9.87. The van der Waals surface area contributed by atoms with Crippen molar-refractivity contribution in [3.8, 4) is 0 Å². The third-order valence-electron chi connectivity index (χ3n) is 7.40. The second-order valence-corrected chi connectivity index (χ2v) is 13.1. The van der Waals surface area contributed by atoms with Crippen LogP contribution in [0.2, 0.25) is 5.02 Å². The molecule has 2 fully saturated rings. The van der Waals surface area contributed by atoms with Crippen LogP contribution in [0.3, 0.4) is 0 Å². The summed E-state index contributed by atoms with van der Waals surface area (Å²) in [6.07, 6.45) is 1.45. The Balaban J connectivity index is 1.35. The molecule has 0 aliphatic carbocycles. The van der Waals surface area contributed by atoms with E-state index < -0.39 is 21.4 Å². The zero-order chi connectivity index (χ0) is 26.7. The number of carbonyl (C=O) groups excluding carboxylic acids is 1. The molecule has 3 N–H and O–H groups in total. The lowest BCUT2D eigenvalue weighted by Crippen LogP contribution is -2.48. The van der Waals surface area contributed by atoms with Gasteiger partial charge in [-0.3, -0.25) is 0 Å². The van der Waals surface area contributed by atoms with Gasteiger partial charge in [-0.2, -0.15) is 0 Å². The summed E-state index contributed by atoms with van der Waals surface area (Å²) in [6.45, 7) is 7.79. The molecule has 0 aromatic heterocycles. The number of anilines is 2. The Morgan fingerprint density at radius 2 is 1.73 bits per heavy atom. The summed E-state index contributed by atoms with van der Waals surface area (Å²) in [5.74, 6) is -0.00209. The van der Waals surface area contributed by atoms with Gasteiger partial charge in [-0.25, -0.2) is 17.9 Å². The van der Waals surface area contributed by atoms with Gasteiger partial charge in [0, 0.05) is 54.5 Å². The highest BCUT2D eigenvalue weighted by molar-refractivity contribution is 7.90. The molecule has 2 amide bonds. The number of aliphatic hydroxyl groups is 1. The Bertz CT molecular complexity index is 1200. The molecule has 0 bridgehead atoms. The summed E-state index contributed by atoms with van der Waals surface area (Å²) in [6, 6.07) is 13.3. The van der Waals surface area contributed by atoms with Crippen molar-refractivity contribution in [1.29, 1.82) is 0 Å². The molecule has 2 aliphatic rings. The van der Waals surface area contributed by atoms with E-state index in [0.717, 1.165) is 29.0 Å². The highest BCUT2D eigenvalue weighted by Crippen LogP contribution is 2.33. The van der Waals surface area contributed by atoms with Crippen LogP contribution in [0, 0.1) is 6.92 Å². The second-order valence-electron chi connectivity index (χ2n) is 10.4. The van der Waals surface area contributed by atoms with Crippen LogP contribution in [0.4, 0.5) is 16.2 Å². The van der Waals surface area contributed by atoms with Crippen LogP contribution in [0.5, 0.6) is 0 Å². The first-order chi connectivity index (χ1) is 17.5. The van der Waals surface area contributed by atoms with Gasteiger partial charge < -0.3 is 20.2 Å². The molecule has 4 rings (SSSR count). The highest BCUT2D eigenvalue weighted by Gasteiger charge is 2.30. The molecule has 2 heterocycles. The predicted octanol–water partition coefficient (Wildman–Crippen LogP) is 4.33. The number of sulfonamides is 1. The highest BCUT2D eigenvalue weighted by atomic mass is 35.5. The maximum absolute atomic E-state index is 12.9. The zero-order valence-electron chi connectivity index (χ0n) is 21.7. The number of benzene rings is 2. The van der Waals surface area contributed by atoms with E-state index >= 15 is 0 Å². The van der Waals surface area contributed by atoms with Crippen LogP contribution in [0.25, 0.3) is 0 Å². The van der Waals surface area contributed by atoms with Gasteiger partial charge in [0.1, 0.15) is 0 Å². The van der Waals surface area contributed by atoms with Gasteiger partial charge in [0.25, 0.3) is 0 Å². The first kappa shape index (κ1) is 27.7. The molecule has 0 spiro atoms. The molecule has 2 saturated heterocycles. The topological polar surface area (TPSA) is 102 Å². The Labute approximate surface area is 225 Å². The average molecular weight is 549 g/mol. The standard InChI is InChI=1S/C27H37ClN4O4S/c1-18(2)37(35,36)30-22-10-13-31(14-11-22)27(34)29-23-8-9-25(19(3)16-23)32-15-12-26(33)24(17-32)20-4-6-21(28)7-5-20/h4-9,16,18,22,24,26,30,33H,10-15,17H2,1-3H3,(H,29,34). The van der Waals surface area contributed by atoms with E-state index in [1.807, 2.05) is 49.4 Å². The first-order valence-corrected chi connectivity index (χ1v) is 14.8. The molecule has 202 valence electrons. The van der Waals surface area contributed by atoms with Gasteiger partial charge >= 0.3 is 6.03 Å². The van der Waals surface area contributed by atoms with Gasteiger partial charge in [0.15, 0.2) is 0 Å². The molecule has 10 heteroatoms. The number of amides is 2. The molecule has 2 aliphatic heterocycles. The van der Waals surface area contributed by atoms with Gasteiger partial charge in [0.2, 0.25) is 10.0 Å². The molecule has 2 atom stereocenters. The number of aryl methyl sites for hydroxylation is 1. The molecule has 2 aromatic rings. The number of rotatable bonds is 6. The van der Waals surface area contributed by atoms with Gasteiger partial charge in [0.05, 0.1) is 11.4 Å². The van der Waals surface area contributed by atoms with Gasteiger partial charge in [-0.05, 0) is 81.5 Å². The summed E-state index contributed by atoms with van der Waals surface area (Å²) in [5.41, 5.74) is 3.93. The van der Waals surface area contributed by atoms with E-state index in [1.165, 1.54) is 0 Å². The third-order valence-corrected chi connectivity index (χ3v) is 9.55. The fraction of sp³-hybridized carbons (Fsp3) is 0.519. The summed E-state index contributed by atoms with van der Waals surface area (Å²) < 4.78 is 27.0. The minimum absolute atomic E-state index is 0.00209. The van der Waals surface area contributed by atoms with Crippen molar-refractivity contribution in [2.45, 2.75) is 63.3 Å². The number of hydrogen-bond acceptors (Lipinski definition) is 5. The van der Waals surface area contributed by atoms with Crippen molar-refractivity contribution in [1.82, 2.24) is 9.62 Å². The van der Waals surface area contributed by atoms with Gasteiger partial charge in [-0.1, -0.05) is 23.7 Å². The van der Waals surface area contributed by atoms with E-state index in [9.17, 15) is 18.3 Å². The Kier molecular flexibility index (Phi) is 8.68. The maximum atomic E-state index is 12.9. The molecular formula is C27H37ClN4O4S. The predicted molar refractivity (Wildman–Crippen MR) is 149 cm³/mol. The maximum Gasteiger partial charge on any atom is 0.321 e. The number of urea groups is 1. The average Bonchev–Trinajstić information content (AvgIpc) is 2.85. The fourth-order valence-electron chi connectivity index (χ4n) is 5.06. The van der Waals surface area contributed by atoms with Gasteiger partial charge in [-0.15, -0.1) is 0 Å². The molecule has 0 radical (unpaired) electrons. The van der Waals surface area contributed by atoms with Crippen LogP contribution in [0.1, 0.15) is 50.2 Å². The van der Waals surface area contributed by atoms with E-state index in [4.69, 9.17) is 11.6 Å². The third kappa shape index (κ3) is 6.76. The zero-order valence-corrected chi connectivity index (χ0v) is 23.2. The molecule has 8 nitrogen and oxygen atoms in total. The number of halogens is 1. The van der Waals surface area contributed by atoms with Crippen LogP contribution < -0.4 is 14.9 Å². The SMILES string of the molecule is Cc1cc(NC(=O)N2CCC(NS(=O)(=O)C(C)C)CC2)ccc1N1CCC(O)C(c2ccc(Cl)cc2)C1. The summed E-state index contributed by atoms with van der Waals surface area (Å²) in [7, 11) is -3.32. The van der Waals surface area contributed by atoms with Crippen molar-refractivity contribution >= 4 is 39.0 Å². The quantitative estimate of drug-likeness (QED) is 0.499. The number of hydrogen-bond donors (Lipinski definition) is 3. The number of aliphatic hydroxyl groups excluding tert-OH is 1. The Morgan fingerprint density at radius 1 is 1.05 bits per heavy atom. The summed E-state index contributed by atoms with van der Waals surface area (Å²) in [5, 5.41) is 13.8. The first-order valence-electron chi connectivity index (χ1n) is 12.9. The fourth-order valence-corrected chi connectivity index (χ4v) is 6.15. The number of likely N-dealkylation sites (tertiary alicyclic amines) is 1. The number of nitrogens with one attached hydrogen (secondary N) is 2. The Morgan fingerprint density at radius 3 is 2.35 bits per heavy atom. The number of carbonyl (C=O) groups is 1. The summed E-state index contributed by atoms with van der Waals surface area (Å²) in [4.78, 5) is 16.9. The monoisotopic (exact) mass is 548 g/mol. The second kappa shape index (κ2) is 11.6. The molecule has 0 saturated carbocycles. The van der Waals surface area contributed by atoms with Crippen molar-refractivity contribution in [2.75, 3.05) is 36.4 Å². The molecular weight excluding hydrogens is 512 g/mol. The molecule has 37 heavy (non-hydrogen) atoms. The minimum atomic E-state index is -3.32. The van der Waals surface area contributed by atoms with Crippen LogP contribution in [-0.2, 0) is 10.0 Å². The lowest BCUT2D eigenvalue weighted by molar-refractivity contribution is 0.122. The van der Waals surface area contributed by atoms with Crippen molar-refractivity contribution in [3.63, 3.8) is 0 Å². The van der Waals surface area contributed by atoms with Crippen molar-refractivity contribution in [2.24, 2.45) is 0 Å². The smallest absolute Gasteiger partial charge is 0.321 e.